The van der Waals surface area contributed by atoms with Crippen LogP contribution in [0, 0.1) is 29.5 Å². The molecule has 4 bridgehead atoms. The minimum absolute atomic E-state index is 0.0397. The van der Waals surface area contributed by atoms with Crippen molar-refractivity contribution in [2.75, 3.05) is 39.8 Å². The third kappa shape index (κ3) is 19.2. The van der Waals surface area contributed by atoms with E-state index in [9.17, 15) is 48.3 Å². The highest BCUT2D eigenvalue weighted by molar-refractivity contribution is 6.35. The number of methoxy groups -OCH3 is 2. The van der Waals surface area contributed by atoms with Crippen molar-refractivity contribution in [3.8, 4) is 5.75 Å². The predicted octanol–water partition coefficient (Wildman–Crippen LogP) is 8.84. The smallest absolute Gasteiger partial charge is 0.328 e. The number of likely N-dealkylation sites (N-methyl/N-ethyl adjacent to an activating group) is 1. The number of allylic oxidation sites excluding steroid dienone is 3. The highest BCUT2D eigenvalue weighted by Gasteiger charge is 2.64. The van der Waals surface area contributed by atoms with Gasteiger partial charge in [0.1, 0.15) is 63.7 Å². The first-order valence-electron chi connectivity index (χ1n) is 30.8. The van der Waals surface area contributed by atoms with E-state index in [2.05, 4.69) is 10.6 Å². The summed E-state index contributed by atoms with van der Waals surface area (Å²) in [5.74, 6) is -6.24. The molecule has 3 heterocycles. The summed E-state index contributed by atoms with van der Waals surface area (Å²) in [5, 5.41) is 17.5. The van der Waals surface area contributed by atoms with Crippen molar-refractivity contribution < 1.29 is 76.3 Å². The molecule has 2 aromatic rings. The van der Waals surface area contributed by atoms with E-state index in [1.54, 1.807) is 38.1 Å². The number of epoxide rings is 1. The summed E-state index contributed by atoms with van der Waals surface area (Å²) in [5.41, 5.74) is 3.83. The molecule has 5 rings (SSSR count). The highest BCUT2D eigenvalue weighted by Crippen LogP contribution is 2.50. The van der Waals surface area contributed by atoms with Gasteiger partial charge in [-0.3, -0.25) is 33.6 Å². The number of anilines is 1. The van der Waals surface area contributed by atoms with Gasteiger partial charge in [0.2, 0.25) is 11.8 Å². The summed E-state index contributed by atoms with van der Waals surface area (Å²) in [6.07, 6.45) is 6.12. The number of hydrogen-bond acceptors (Lipinski definition) is 15. The van der Waals surface area contributed by atoms with E-state index < -0.39 is 119 Å². The van der Waals surface area contributed by atoms with Gasteiger partial charge in [-0.15, -0.1) is 0 Å². The van der Waals surface area contributed by atoms with Crippen LogP contribution in [0.1, 0.15) is 167 Å². The van der Waals surface area contributed by atoms with E-state index in [0.29, 0.717) is 30.7 Å². The molecule has 88 heavy (non-hydrogen) atoms. The van der Waals surface area contributed by atoms with Crippen LogP contribution in [0.25, 0.3) is 0 Å². The number of amides is 5. The third-order valence-electron chi connectivity index (χ3n) is 17.7. The molecule has 10 atom stereocenters. The van der Waals surface area contributed by atoms with Crippen LogP contribution in [0.4, 0.5) is 14.9 Å². The molecule has 3 aliphatic rings. The van der Waals surface area contributed by atoms with Gasteiger partial charge < -0.3 is 55.0 Å². The number of ketones is 3. The Labute approximate surface area is 522 Å². The molecule has 0 saturated carbocycles. The number of ether oxygens (including phenoxy) is 5. The van der Waals surface area contributed by atoms with Crippen molar-refractivity contribution in [3.63, 3.8) is 0 Å². The molecule has 22 heteroatoms. The van der Waals surface area contributed by atoms with Crippen molar-refractivity contribution in [2.45, 2.75) is 206 Å². The van der Waals surface area contributed by atoms with Crippen LogP contribution in [0.5, 0.6) is 5.75 Å². The Bertz CT molecular complexity index is 2910. The lowest BCUT2D eigenvalue weighted by atomic mass is 9.78. The number of rotatable bonds is 28. The molecular formula is C66H93ClFN5O15. The van der Waals surface area contributed by atoms with Gasteiger partial charge in [0.15, 0.2) is 5.78 Å². The quantitative estimate of drug-likeness (QED) is 0.0352. The number of fused-ring (bicyclic) bond motifs is 5. The van der Waals surface area contributed by atoms with Crippen molar-refractivity contribution >= 4 is 70.3 Å². The van der Waals surface area contributed by atoms with Gasteiger partial charge in [-0.25, -0.2) is 14.0 Å². The molecule has 20 nitrogen and oxygen atoms in total. The van der Waals surface area contributed by atoms with E-state index in [-0.39, 0.29) is 85.5 Å². The molecular weight excluding hydrogens is 1160 g/mol. The summed E-state index contributed by atoms with van der Waals surface area (Å²) in [7, 11) is 5.67. The number of hydrogen-bond donors (Lipinski definition) is 4. The number of nitrogens with zero attached hydrogens (tertiary/aromatic N) is 2. The number of carbonyl (C=O) groups excluding carboxylic acids is 9. The average Bonchev–Trinajstić information content (AvgIpc) is 1.87. The first-order chi connectivity index (χ1) is 41.5. The van der Waals surface area contributed by atoms with Crippen molar-refractivity contribution in [1.82, 2.24) is 15.5 Å². The molecule has 2 fully saturated rings. The number of primary amides is 1. The van der Waals surface area contributed by atoms with E-state index in [1.807, 2.05) is 40.7 Å². The van der Waals surface area contributed by atoms with E-state index in [1.165, 1.54) is 52.3 Å². The normalized spacial score (nSPS) is 24.2. The van der Waals surface area contributed by atoms with E-state index >= 15 is 4.39 Å². The maximum absolute atomic E-state index is 16.2. The maximum atomic E-state index is 16.2. The van der Waals surface area contributed by atoms with Gasteiger partial charge in [0.25, 0.3) is 5.91 Å². The number of benzene rings is 2. The number of nitrogens with two attached hydrogens (primary N) is 1. The second-order valence-corrected chi connectivity index (χ2v) is 24.9. The molecule has 0 aliphatic carbocycles. The van der Waals surface area contributed by atoms with Crippen LogP contribution in [0.15, 0.2) is 54.1 Å². The number of esters is 2. The van der Waals surface area contributed by atoms with Gasteiger partial charge in [-0.1, -0.05) is 88.9 Å². The molecule has 3 aliphatic heterocycles. The summed E-state index contributed by atoms with van der Waals surface area (Å²) in [6.45, 7) is 14.4. The highest BCUT2D eigenvalue weighted by atomic mass is 35.5. The first-order valence-corrected chi connectivity index (χ1v) is 31.2. The fourth-order valence-corrected chi connectivity index (χ4v) is 12.1. The number of urea groups is 1. The topological polar surface area (TPSA) is 280 Å². The monoisotopic (exact) mass is 1250 g/mol. The lowest BCUT2D eigenvalue weighted by Gasteiger charge is -2.41. The van der Waals surface area contributed by atoms with Gasteiger partial charge in [0.05, 0.1) is 43.3 Å². The van der Waals surface area contributed by atoms with Crippen LogP contribution in [-0.2, 0) is 65.4 Å². The van der Waals surface area contributed by atoms with Gasteiger partial charge in [-0.2, -0.15) is 0 Å². The number of nitrogens with one attached hydrogen (secondary N) is 2. The molecule has 2 aromatic carbocycles. The molecule has 486 valence electrons. The predicted molar refractivity (Wildman–Crippen MR) is 330 cm³/mol. The molecule has 5 N–H and O–H groups in total. The Morgan fingerprint density at radius 2 is 1.66 bits per heavy atom. The molecule has 0 aromatic heterocycles. The molecule has 2 saturated heterocycles. The van der Waals surface area contributed by atoms with Crippen LogP contribution in [0.3, 0.4) is 0 Å². The molecule has 0 spiro atoms. The first kappa shape index (κ1) is 72.2. The average molecular weight is 1250 g/mol. The number of unbranched alkanes of at least 4 members (excludes halogenated alkanes) is 3. The minimum Gasteiger partial charge on any atom is -0.495 e. The zero-order chi connectivity index (χ0) is 65.4. The molecule has 5 amide bonds. The zero-order valence-corrected chi connectivity index (χ0v) is 54.1. The van der Waals surface area contributed by atoms with E-state index in [0.717, 1.165) is 54.2 Å². The summed E-state index contributed by atoms with van der Waals surface area (Å²) < 4.78 is 45.9. The second kappa shape index (κ2) is 32.8. The van der Waals surface area contributed by atoms with Crippen LogP contribution in [0.2, 0.25) is 5.02 Å². The van der Waals surface area contributed by atoms with Crippen molar-refractivity contribution in [3.05, 3.63) is 81.7 Å². The largest absolute Gasteiger partial charge is 0.495 e. The van der Waals surface area contributed by atoms with Gasteiger partial charge >= 0.3 is 18.0 Å². The maximum Gasteiger partial charge on any atom is 0.328 e. The standard InChI is InChI=1S/C66H93ClFN5O15/c1-13-44(14-2)51(75)24-18-16-15-17-22-45(74)34-47(38(3)4)61(79)71-49(23-20-28-70-64(69)82)52(76)32-42-26-27-46(48(68)30-42)62(80)72(9)41(7)63(81)87-56-35-57(77)73(10)50-31-43(33-53(84-11)59(50)67)29-39(5)21-19-25-55(85-12)66(83)36-54(86-58(78)37-66)40(6)60-65(56,8)88-60/h19,21,25-27,30-31,33,38,40-41,44,47,49,54-56,60,83H,13-18,20,22-24,28-29,32,34-37H2,1-12H3,(H,71,79)(H3,69,70,82)/b25-19+,39-21+/t40-,41+,47+,49+,54+,55-,56+,60+,65+,66-/m1/s1. The lowest BCUT2D eigenvalue weighted by Crippen LogP contribution is -2.53. The Morgan fingerprint density at radius 3 is 2.28 bits per heavy atom. The van der Waals surface area contributed by atoms with Crippen molar-refractivity contribution in [1.29, 1.82) is 0 Å². The van der Waals surface area contributed by atoms with Crippen LogP contribution < -0.4 is 26.0 Å². The summed E-state index contributed by atoms with van der Waals surface area (Å²) in [4.78, 5) is 124. The third-order valence-corrected chi connectivity index (χ3v) is 18.1. The number of aliphatic hydroxyl groups is 1. The molecule has 0 radical (unpaired) electrons. The lowest BCUT2D eigenvalue weighted by molar-refractivity contribution is -0.187. The molecule has 0 unspecified atom stereocenters. The fraction of sp³-hybridized carbons (Fsp3) is 0.621. The SMILES string of the molecule is CCC(CC)C(=O)CCCCCCC(=O)C[C@H](C(=O)N[C@@H](CCCNC(N)=O)C(=O)Cc1ccc(C(=O)N(C)[C@@H](C)C(=O)O[C@H]2CC(=O)N(C)c3cc(cc(OC)c3Cl)C/C(C)=C/C=C/[C@@H](OC)[C@]3(O)CC(=O)O[C@@H](C3)[C@@H](C)[C@@H]3O[C@@]23C)c(F)c1)C(C)C. The van der Waals surface area contributed by atoms with Gasteiger partial charge in [0, 0.05) is 77.6 Å². The minimum atomic E-state index is -1.68. The Kier molecular flexibility index (Phi) is 26.9. The number of carbonyl (C=O) groups is 9. The number of halogens is 2. The van der Waals surface area contributed by atoms with E-state index in [4.69, 9.17) is 41.0 Å². The number of Topliss-reactive ketones (excluding diaryl/α,β-unsaturated/α-hetero) is 3. The second-order valence-electron chi connectivity index (χ2n) is 24.6. The fourth-order valence-electron chi connectivity index (χ4n) is 11.8. The summed E-state index contributed by atoms with van der Waals surface area (Å²) in [6, 6.07) is 3.79. The zero-order valence-electron chi connectivity index (χ0n) is 53.3. The van der Waals surface area contributed by atoms with Crippen LogP contribution in [-0.4, -0.2) is 146 Å². The van der Waals surface area contributed by atoms with Gasteiger partial charge in [-0.05, 0) is 107 Å². The van der Waals surface area contributed by atoms with Crippen molar-refractivity contribution in [2.24, 2.45) is 29.4 Å². The Hall–Kier alpha value is -6.55. The van der Waals surface area contributed by atoms with Crippen LogP contribution >= 0.6 is 11.6 Å². The Balaban J connectivity index is 1.32. The summed E-state index contributed by atoms with van der Waals surface area (Å²) >= 11 is 6.85. The Morgan fingerprint density at radius 1 is 0.977 bits per heavy atom.